The van der Waals surface area contributed by atoms with E-state index in [4.69, 9.17) is 0 Å². The molecule has 2 aromatic heterocycles. The Hall–Kier alpha value is -2.05. The van der Waals surface area contributed by atoms with Gasteiger partial charge in [0.25, 0.3) is 5.56 Å². The average molecular weight is 277 g/mol. The van der Waals surface area contributed by atoms with E-state index in [2.05, 4.69) is 15.3 Å². The smallest absolute Gasteiger partial charge is 0.332 e. The van der Waals surface area contributed by atoms with Gasteiger partial charge in [-0.05, 0) is 12.8 Å². The molecule has 2 heterocycles. The highest BCUT2D eigenvalue weighted by Crippen LogP contribution is 2.20. The van der Waals surface area contributed by atoms with Crippen LogP contribution in [0, 0.1) is 0 Å². The van der Waals surface area contributed by atoms with Crippen LogP contribution in [0.3, 0.4) is 0 Å². The van der Waals surface area contributed by atoms with Gasteiger partial charge in [-0.15, -0.1) is 0 Å². The summed E-state index contributed by atoms with van der Waals surface area (Å²) in [5, 5.41) is 3.33. The largest absolute Gasteiger partial charge is 0.353 e. The summed E-state index contributed by atoms with van der Waals surface area (Å²) in [6.45, 7) is 0. The molecule has 1 saturated carbocycles. The lowest BCUT2D eigenvalue weighted by Crippen LogP contribution is -2.36. The van der Waals surface area contributed by atoms with Crippen molar-refractivity contribution in [2.24, 2.45) is 14.1 Å². The quantitative estimate of drug-likeness (QED) is 0.846. The Kier molecular flexibility index (Phi) is 3.11. The van der Waals surface area contributed by atoms with Crippen molar-refractivity contribution in [1.29, 1.82) is 0 Å². The van der Waals surface area contributed by atoms with Crippen LogP contribution < -0.4 is 16.6 Å². The summed E-state index contributed by atoms with van der Waals surface area (Å²) in [5.74, 6) is 0.574. The molecule has 2 aromatic rings. The third kappa shape index (κ3) is 2.03. The molecular weight excluding hydrogens is 258 g/mol. The summed E-state index contributed by atoms with van der Waals surface area (Å²) >= 11 is 0. The molecule has 108 valence electrons. The zero-order valence-electron chi connectivity index (χ0n) is 11.8. The van der Waals surface area contributed by atoms with Crippen molar-refractivity contribution < 1.29 is 0 Å². The number of aromatic amines is 1. The minimum atomic E-state index is -0.363. The van der Waals surface area contributed by atoms with Gasteiger partial charge in [-0.1, -0.05) is 19.3 Å². The lowest BCUT2D eigenvalue weighted by atomic mass is 9.96. The zero-order chi connectivity index (χ0) is 14.3. The maximum Gasteiger partial charge on any atom is 0.332 e. The molecule has 1 fully saturated rings. The van der Waals surface area contributed by atoms with Crippen LogP contribution in [0.2, 0.25) is 0 Å². The Balaban J connectivity index is 2.02. The number of aryl methyl sites for hydroxylation is 1. The van der Waals surface area contributed by atoms with Crippen LogP contribution in [0.5, 0.6) is 0 Å². The fraction of sp³-hybridized carbons (Fsp3) is 0.615. The summed E-state index contributed by atoms with van der Waals surface area (Å²) in [6.07, 6.45) is 5.96. The number of imidazole rings is 1. The van der Waals surface area contributed by atoms with Crippen LogP contribution in [-0.4, -0.2) is 25.1 Å². The molecule has 1 aliphatic rings. The highest BCUT2D eigenvalue weighted by atomic mass is 16.2. The normalized spacial score (nSPS) is 16.7. The maximum absolute atomic E-state index is 12.1. The molecule has 0 unspecified atom stereocenters. The number of aromatic nitrogens is 4. The second-order valence-corrected chi connectivity index (χ2v) is 5.47. The summed E-state index contributed by atoms with van der Waals surface area (Å²) in [4.78, 5) is 31.3. The second kappa shape index (κ2) is 4.81. The minimum Gasteiger partial charge on any atom is -0.353 e. The molecule has 0 aromatic carbocycles. The van der Waals surface area contributed by atoms with Crippen molar-refractivity contribution in [3.05, 3.63) is 20.8 Å². The first kappa shape index (κ1) is 13.0. The number of nitrogens with zero attached hydrogens (tertiary/aromatic N) is 3. The highest BCUT2D eigenvalue weighted by molar-refractivity contribution is 5.72. The van der Waals surface area contributed by atoms with Crippen molar-refractivity contribution >= 4 is 17.1 Å². The van der Waals surface area contributed by atoms with Gasteiger partial charge in [-0.2, -0.15) is 4.98 Å². The molecule has 1 aliphatic carbocycles. The van der Waals surface area contributed by atoms with Gasteiger partial charge in [-0.3, -0.25) is 13.9 Å². The van der Waals surface area contributed by atoms with Crippen molar-refractivity contribution in [3.63, 3.8) is 0 Å². The van der Waals surface area contributed by atoms with Gasteiger partial charge < -0.3 is 10.3 Å². The molecule has 0 saturated heterocycles. The number of nitrogens with one attached hydrogen (secondary N) is 2. The van der Waals surface area contributed by atoms with E-state index < -0.39 is 0 Å². The number of anilines is 1. The van der Waals surface area contributed by atoms with Gasteiger partial charge in [0.1, 0.15) is 0 Å². The van der Waals surface area contributed by atoms with Gasteiger partial charge in [0, 0.05) is 20.1 Å². The predicted molar refractivity (Wildman–Crippen MR) is 77.1 cm³/mol. The van der Waals surface area contributed by atoms with Gasteiger partial charge >= 0.3 is 5.69 Å². The first-order chi connectivity index (χ1) is 9.58. The molecular formula is C13H19N5O2. The molecule has 0 amide bonds. The first-order valence-corrected chi connectivity index (χ1v) is 7.00. The Morgan fingerprint density at radius 2 is 1.85 bits per heavy atom. The molecule has 3 rings (SSSR count). The van der Waals surface area contributed by atoms with Gasteiger partial charge in [0.2, 0.25) is 5.95 Å². The van der Waals surface area contributed by atoms with Crippen LogP contribution in [0.15, 0.2) is 9.59 Å². The van der Waals surface area contributed by atoms with E-state index in [1.54, 1.807) is 7.05 Å². The monoisotopic (exact) mass is 277 g/mol. The Morgan fingerprint density at radius 1 is 1.15 bits per heavy atom. The van der Waals surface area contributed by atoms with Crippen LogP contribution in [0.4, 0.5) is 5.95 Å². The minimum absolute atomic E-state index is 0.340. The number of hydrogen-bond donors (Lipinski definition) is 2. The van der Waals surface area contributed by atoms with E-state index in [0.717, 1.165) is 17.4 Å². The molecule has 7 heteroatoms. The number of H-pyrrole nitrogens is 1. The van der Waals surface area contributed by atoms with Crippen LogP contribution in [0.1, 0.15) is 32.1 Å². The zero-order valence-corrected chi connectivity index (χ0v) is 11.8. The van der Waals surface area contributed by atoms with E-state index in [-0.39, 0.29) is 11.2 Å². The molecule has 0 spiro atoms. The topological polar surface area (TPSA) is 84.7 Å². The van der Waals surface area contributed by atoms with Gasteiger partial charge in [0.05, 0.1) is 0 Å². The first-order valence-electron chi connectivity index (χ1n) is 7.00. The average Bonchev–Trinajstić information content (AvgIpc) is 2.88. The lowest BCUT2D eigenvalue weighted by Gasteiger charge is -2.22. The molecule has 0 aliphatic heterocycles. The Morgan fingerprint density at radius 3 is 2.55 bits per heavy atom. The number of hydrogen-bond acceptors (Lipinski definition) is 4. The lowest BCUT2D eigenvalue weighted by molar-refractivity contribution is 0.461. The number of fused-ring (bicyclic) bond motifs is 1. The molecule has 20 heavy (non-hydrogen) atoms. The SMILES string of the molecule is Cn1c(=O)c2[nH]c(NC3CCCCC3)nc2n(C)c1=O. The van der Waals surface area contributed by atoms with Crippen molar-refractivity contribution in [2.75, 3.05) is 5.32 Å². The maximum atomic E-state index is 12.1. The molecule has 0 radical (unpaired) electrons. The standard InChI is InChI=1S/C13H19N5O2/c1-17-10-9(11(19)18(2)13(17)20)15-12(16-10)14-8-6-4-3-5-7-8/h8H,3-7H2,1-2H3,(H2,14,15,16). The van der Waals surface area contributed by atoms with Crippen molar-refractivity contribution in [1.82, 2.24) is 19.1 Å². The van der Waals surface area contributed by atoms with Crippen LogP contribution in [-0.2, 0) is 14.1 Å². The summed E-state index contributed by atoms with van der Waals surface area (Å²) < 4.78 is 2.48. The van der Waals surface area contributed by atoms with E-state index >= 15 is 0 Å². The fourth-order valence-electron chi connectivity index (χ4n) is 2.83. The van der Waals surface area contributed by atoms with Crippen LogP contribution >= 0.6 is 0 Å². The van der Waals surface area contributed by atoms with E-state index in [1.807, 2.05) is 0 Å². The third-order valence-corrected chi connectivity index (χ3v) is 4.04. The van der Waals surface area contributed by atoms with Crippen molar-refractivity contribution in [3.8, 4) is 0 Å². The summed E-state index contributed by atoms with van der Waals surface area (Å²) in [7, 11) is 3.09. The Labute approximate surface area is 115 Å². The summed E-state index contributed by atoms with van der Waals surface area (Å²) in [6, 6.07) is 0.394. The Bertz CT molecular complexity index is 748. The van der Waals surface area contributed by atoms with Crippen molar-refractivity contribution in [2.45, 2.75) is 38.1 Å². The fourth-order valence-corrected chi connectivity index (χ4v) is 2.83. The van der Waals surface area contributed by atoms with Gasteiger partial charge in [0.15, 0.2) is 11.2 Å². The molecule has 2 N–H and O–H groups in total. The molecule has 0 atom stereocenters. The highest BCUT2D eigenvalue weighted by Gasteiger charge is 2.17. The number of rotatable bonds is 2. The summed E-state index contributed by atoms with van der Waals surface area (Å²) in [5.41, 5.74) is 0.0647. The van der Waals surface area contributed by atoms with Crippen LogP contribution in [0.25, 0.3) is 11.2 Å². The van der Waals surface area contributed by atoms with E-state index in [0.29, 0.717) is 23.2 Å². The van der Waals surface area contributed by atoms with Gasteiger partial charge in [-0.25, -0.2) is 4.79 Å². The third-order valence-electron chi connectivity index (χ3n) is 4.04. The molecule has 7 nitrogen and oxygen atoms in total. The van der Waals surface area contributed by atoms with E-state index in [1.165, 1.54) is 30.9 Å². The molecule has 0 bridgehead atoms. The predicted octanol–water partition coefficient (Wildman–Crippen LogP) is 0.705. The van der Waals surface area contributed by atoms with E-state index in [9.17, 15) is 9.59 Å². The second-order valence-electron chi connectivity index (χ2n) is 5.47.